The molecule has 1 aromatic heterocycles. The predicted molar refractivity (Wildman–Crippen MR) is 70.6 cm³/mol. The van der Waals surface area contributed by atoms with Crippen LogP contribution in [0.25, 0.3) is 10.9 Å². The van der Waals surface area contributed by atoms with Crippen molar-refractivity contribution in [3.8, 4) is 0 Å². The van der Waals surface area contributed by atoms with Gasteiger partial charge in [0.25, 0.3) is 0 Å². The van der Waals surface area contributed by atoms with Crippen molar-refractivity contribution in [3.05, 3.63) is 35.5 Å². The Morgan fingerprint density at radius 3 is 2.68 bits per heavy atom. The fourth-order valence-electron chi connectivity index (χ4n) is 2.98. The summed E-state index contributed by atoms with van der Waals surface area (Å²) in [6.45, 7) is 0. The molecule has 99 valence electrons. The Kier molecular flexibility index (Phi) is 3.07. The Hall–Kier alpha value is -1.39. The minimum absolute atomic E-state index is 0.0298. The fraction of sp³-hybridized carbons (Fsp3) is 0.429. The zero-order valence-electron chi connectivity index (χ0n) is 10.4. The molecule has 0 amide bonds. The molecule has 1 atom stereocenters. The molecule has 19 heavy (non-hydrogen) atoms. The summed E-state index contributed by atoms with van der Waals surface area (Å²) in [6.07, 6.45) is -0.760. The van der Waals surface area contributed by atoms with Crippen molar-refractivity contribution in [2.45, 2.75) is 37.6 Å². The number of para-hydroxylation sites is 1. The second-order valence-electron chi connectivity index (χ2n) is 5.11. The topological polar surface area (TPSA) is 15.8 Å². The molecule has 1 saturated heterocycles. The van der Waals surface area contributed by atoms with Crippen LogP contribution in [0.2, 0.25) is 12.6 Å². The van der Waals surface area contributed by atoms with Gasteiger partial charge in [-0.3, -0.25) is 0 Å². The Bertz CT molecular complexity index is 582. The average molecular weight is 264 g/mol. The third-order valence-corrected chi connectivity index (χ3v) is 3.84. The molecule has 5 heteroatoms. The Balaban J connectivity index is 2.17. The van der Waals surface area contributed by atoms with Gasteiger partial charge in [-0.2, -0.15) is 13.2 Å². The number of aromatic nitrogens is 1. The standard InChI is InChI=1S/C14H14BF3N/c16-14(17,18)12-10-5-1-2-6-11(10)19-13(12)9-4-3-7-15-8-9/h1-2,5-6,9,19H,3-4,7-8H2. The molecule has 0 saturated carbocycles. The molecule has 1 aliphatic heterocycles. The van der Waals surface area contributed by atoms with Crippen LogP contribution in [0, 0.1) is 0 Å². The SMILES string of the molecule is FC(F)(F)c1c(C2C[B]CCC2)[nH]c2ccccc12. The first-order valence-corrected chi connectivity index (χ1v) is 6.57. The number of hydrogen-bond acceptors (Lipinski definition) is 0. The number of benzene rings is 1. The van der Waals surface area contributed by atoms with Gasteiger partial charge in [-0.25, -0.2) is 0 Å². The van der Waals surface area contributed by atoms with Gasteiger partial charge in [0.05, 0.1) is 5.56 Å². The van der Waals surface area contributed by atoms with E-state index in [1.165, 1.54) is 0 Å². The molecule has 1 radical (unpaired) electrons. The summed E-state index contributed by atoms with van der Waals surface area (Å²) >= 11 is 0. The normalized spacial score (nSPS) is 20.5. The van der Waals surface area contributed by atoms with Crippen LogP contribution in [-0.4, -0.2) is 12.3 Å². The molecular weight excluding hydrogens is 250 g/mol. The van der Waals surface area contributed by atoms with E-state index in [4.69, 9.17) is 0 Å². The van der Waals surface area contributed by atoms with E-state index in [0.29, 0.717) is 11.2 Å². The van der Waals surface area contributed by atoms with Crippen molar-refractivity contribution in [1.82, 2.24) is 4.98 Å². The lowest BCUT2D eigenvalue weighted by Crippen LogP contribution is -2.15. The number of rotatable bonds is 1. The highest BCUT2D eigenvalue weighted by atomic mass is 19.4. The van der Waals surface area contributed by atoms with E-state index in [1.807, 2.05) is 0 Å². The molecule has 0 spiro atoms. The molecule has 1 unspecified atom stereocenters. The van der Waals surface area contributed by atoms with Gasteiger partial charge in [0.2, 0.25) is 0 Å². The minimum Gasteiger partial charge on any atom is -0.358 e. The lowest BCUT2D eigenvalue weighted by Gasteiger charge is -2.22. The number of hydrogen-bond donors (Lipinski definition) is 1. The van der Waals surface area contributed by atoms with Crippen molar-refractivity contribution in [3.63, 3.8) is 0 Å². The van der Waals surface area contributed by atoms with Crippen LogP contribution in [0.1, 0.15) is 30.0 Å². The van der Waals surface area contributed by atoms with Crippen LogP contribution in [0.4, 0.5) is 13.2 Å². The maximum Gasteiger partial charge on any atom is 0.418 e. The van der Waals surface area contributed by atoms with Gasteiger partial charge in [-0.15, -0.1) is 0 Å². The monoisotopic (exact) mass is 264 g/mol. The summed E-state index contributed by atoms with van der Waals surface area (Å²) in [6, 6.07) is 6.67. The summed E-state index contributed by atoms with van der Waals surface area (Å²) in [4.78, 5) is 3.00. The maximum absolute atomic E-state index is 13.3. The first-order valence-electron chi connectivity index (χ1n) is 6.57. The Morgan fingerprint density at radius 1 is 1.21 bits per heavy atom. The lowest BCUT2D eigenvalue weighted by molar-refractivity contribution is -0.137. The third kappa shape index (κ3) is 2.26. The van der Waals surface area contributed by atoms with Gasteiger partial charge in [0.1, 0.15) is 7.28 Å². The molecule has 1 N–H and O–H groups in total. The van der Waals surface area contributed by atoms with E-state index in [9.17, 15) is 13.2 Å². The second kappa shape index (κ2) is 4.62. The molecule has 1 aliphatic rings. The second-order valence-corrected chi connectivity index (χ2v) is 5.11. The molecular formula is C14H14BF3N. The molecule has 0 aliphatic carbocycles. The van der Waals surface area contributed by atoms with E-state index >= 15 is 0 Å². The molecule has 1 nitrogen and oxygen atoms in total. The molecule has 1 fully saturated rings. The van der Waals surface area contributed by atoms with Crippen LogP contribution in [-0.2, 0) is 6.18 Å². The van der Waals surface area contributed by atoms with Gasteiger partial charge >= 0.3 is 6.18 Å². The van der Waals surface area contributed by atoms with Crippen molar-refractivity contribution in [2.75, 3.05) is 0 Å². The van der Waals surface area contributed by atoms with E-state index in [0.717, 1.165) is 25.5 Å². The van der Waals surface area contributed by atoms with Crippen LogP contribution in [0.15, 0.2) is 24.3 Å². The van der Waals surface area contributed by atoms with Crippen molar-refractivity contribution in [2.24, 2.45) is 0 Å². The molecule has 0 bridgehead atoms. The highest BCUT2D eigenvalue weighted by molar-refractivity contribution is 6.36. The smallest absolute Gasteiger partial charge is 0.358 e. The number of aromatic amines is 1. The zero-order chi connectivity index (χ0) is 13.5. The maximum atomic E-state index is 13.3. The van der Waals surface area contributed by atoms with Gasteiger partial charge in [0.15, 0.2) is 0 Å². The van der Waals surface area contributed by atoms with Crippen LogP contribution in [0.3, 0.4) is 0 Å². The first kappa shape index (κ1) is 12.6. The fourth-order valence-corrected chi connectivity index (χ4v) is 2.98. The molecule has 3 rings (SSSR count). The summed E-state index contributed by atoms with van der Waals surface area (Å²) < 4.78 is 40.0. The quantitative estimate of drug-likeness (QED) is 0.724. The summed E-state index contributed by atoms with van der Waals surface area (Å²) in [7, 11) is 2.10. The molecule has 1 aromatic carbocycles. The number of nitrogens with one attached hydrogen (secondary N) is 1. The van der Waals surface area contributed by atoms with Crippen LogP contribution in [0.5, 0.6) is 0 Å². The van der Waals surface area contributed by atoms with Crippen LogP contribution < -0.4 is 0 Å². The predicted octanol–water partition coefficient (Wildman–Crippen LogP) is 4.60. The van der Waals surface area contributed by atoms with Crippen LogP contribution >= 0.6 is 0 Å². The van der Waals surface area contributed by atoms with Crippen molar-refractivity contribution in [1.29, 1.82) is 0 Å². The lowest BCUT2D eigenvalue weighted by atomic mass is 9.59. The number of H-pyrrole nitrogens is 1. The number of fused-ring (bicyclic) bond motifs is 1. The molecule has 2 heterocycles. The van der Waals surface area contributed by atoms with E-state index in [2.05, 4.69) is 12.3 Å². The largest absolute Gasteiger partial charge is 0.418 e. The van der Waals surface area contributed by atoms with Gasteiger partial charge in [0, 0.05) is 16.6 Å². The Morgan fingerprint density at radius 2 is 2.00 bits per heavy atom. The average Bonchev–Trinajstić information content (AvgIpc) is 2.79. The van der Waals surface area contributed by atoms with E-state index in [-0.39, 0.29) is 11.3 Å². The number of halogens is 3. The van der Waals surface area contributed by atoms with Crippen molar-refractivity contribution >= 4 is 18.2 Å². The zero-order valence-corrected chi connectivity index (χ0v) is 10.4. The summed E-state index contributed by atoms with van der Waals surface area (Å²) in [5, 5.41) is 0.288. The first-order chi connectivity index (χ1) is 9.07. The van der Waals surface area contributed by atoms with E-state index in [1.54, 1.807) is 24.3 Å². The minimum atomic E-state index is -4.30. The summed E-state index contributed by atoms with van der Waals surface area (Å²) in [5.41, 5.74) is 0.475. The third-order valence-electron chi connectivity index (χ3n) is 3.84. The van der Waals surface area contributed by atoms with Gasteiger partial charge in [-0.05, 0) is 18.4 Å². The number of alkyl halides is 3. The molecule has 2 aromatic rings. The highest BCUT2D eigenvalue weighted by Crippen LogP contribution is 2.43. The Labute approximate surface area is 110 Å². The van der Waals surface area contributed by atoms with Gasteiger partial charge < -0.3 is 4.98 Å². The summed E-state index contributed by atoms with van der Waals surface area (Å²) in [5.74, 6) is -0.0298. The van der Waals surface area contributed by atoms with Crippen molar-refractivity contribution < 1.29 is 13.2 Å². The van der Waals surface area contributed by atoms with E-state index < -0.39 is 11.7 Å². The highest BCUT2D eigenvalue weighted by Gasteiger charge is 2.38. The van der Waals surface area contributed by atoms with Gasteiger partial charge in [-0.1, -0.05) is 37.3 Å².